The molecule has 1 amide bonds. The number of hydrogen-bond acceptors (Lipinski definition) is 6. The number of sulfonamides is 1. The Bertz CT molecular complexity index is 1190. The van der Waals surface area contributed by atoms with Gasteiger partial charge in [0.05, 0.1) is 17.1 Å². The van der Waals surface area contributed by atoms with E-state index in [9.17, 15) is 22.8 Å². The van der Waals surface area contributed by atoms with Crippen LogP contribution in [0.4, 0.5) is 0 Å². The molecule has 33 heavy (non-hydrogen) atoms. The summed E-state index contributed by atoms with van der Waals surface area (Å²) in [5, 5.41) is 3.12. The van der Waals surface area contributed by atoms with Crippen LogP contribution in [0.25, 0.3) is 10.9 Å². The molecule has 1 aliphatic rings. The van der Waals surface area contributed by atoms with Crippen molar-refractivity contribution in [3.63, 3.8) is 0 Å². The molecule has 2 N–H and O–H groups in total. The Labute approximate surface area is 193 Å². The van der Waals surface area contributed by atoms with Crippen molar-refractivity contribution in [2.75, 3.05) is 19.7 Å². The summed E-state index contributed by atoms with van der Waals surface area (Å²) >= 11 is 0. The highest BCUT2D eigenvalue weighted by molar-refractivity contribution is 7.89. The lowest BCUT2D eigenvalue weighted by Gasteiger charge is -2.35. The molecule has 1 aliphatic carbocycles. The van der Waals surface area contributed by atoms with Crippen LogP contribution in [-0.2, 0) is 19.6 Å². The van der Waals surface area contributed by atoms with E-state index in [-0.39, 0.29) is 22.5 Å². The minimum Gasteiger partial charge on any atom is -0.464 e. The molecule has 0 unspecified atom stereocenters. The fourth-order valence-corrected chi connectivity index (χ4v) is 5.87. The number of aromatic nitrogens is 1. The fraction of sp³-hybridized carbons (Fsp3) is 0.522. The molecule has 1 aromatic heterocycles. The van der Waals surface area contributed by atoms with Gasteiger partial charge in [-0.25, -0.2) is 13.2 Å². The summed E-state index contributed by atoms with van der Waals surface area (Å²) in [5.41, 5.74) is -1.31. The number of amides is 1. The van der Waals surface area contributed by atoms with Gasteiger partial charge < -0.3 is 15.0 Å². The van der Waals surface area contributed by atoms with E-state index in [0.717, 1.165) is 25.3 Å². The number of hydrogen-bond donors (Lipinski definition) is 2. The fourth-order valence-electron chi connectivity index (χ4n) is 4.38. The zero-order valence-electron chi connectivity index (χ0n) is 19.3. The lowest BCUT2D eigenvalue weighted by atomic mass is 9.81. The van der Waals surface area contributed by atoms with Crippen molar-refractivity contribution in [3.05, 3.63) is 40.2 Å². The first kappa shape index (κ1) is 24.9. The Kier molecular flexibility index (Phi) is 7.58. The summed E-state index contributed by atoms with van der Waals surface area (Å²) in [4.78, 5) is 41.0. The number of ether oxygens (including phenoxy) is 1. The first-order chi connectivity index (χ1) is 15.7. The second-order valence-corrected chi connectivity index (χ2v) is 10.1. The van der Waals surface area contributed by atoms with Crippen molar-refractivity contribution in [1.82, 2.24) is 14.6 Å². The van der Waals surface area contributed by atoms with Crippen molar-refractivity contribution in [1.29, 1.82) is 0 Å². The Morgan fingerprint density at radius 1 is 1.09 bits per heavy atom. The number of rotatable bonds is 8. The normalized spacial score (nSPS) is 16.0. The average Bonchev–Trinajstić information content (AvgIpc) is 2.79. The van der Waals surface area contributed by atoms with Crippen LogP contribution in [-0.4, -0.2) is 54.8 Å². The summed E-state index contributed by atoms with van der Waals surface area (Å²) in [5.74, 6) is -1.10. The predicted octanol–water partition coefficient (Wildman–Crippen LogP) is 2.55. The van der Waals surface area contributed by atoms with E-state index < -0.39 is 33.0 Å². The highest BCUT2D eigenvalue weighted by atomic mass is 32.2. The molecular weight excluding hydrogens is 446 g/mol. The predicted molar refractivity (Wildman–Crippen MR) is 125 cm³/mol. The van der Waals surface area contributed by atoms with Crippen molar-refractivity contribution < 1.29 is 22.7 Å². The Morgan fingerprint density at radius 2 is 1.76 bits per heavy atom. The van der Waals surface area contributed by atoms with Gasteiger partial charge >= 0.3 is 5.97 Å². The largest absolute Gasteiger partial charge is 0.464 e. The van der Waals surface area contributed by atoms with Crippen molar-refractivity contribution in [3.8, 4) is 0 Å². The van der Waals surface area contributed by atoms with Crippen LogP contribution in [0.3, 0.4) is 0 Å². The van der Waals surface area contributed by atoms with Crippen LogP contribution >= 0.6 is 0 Å². The molecule has 1 heterocycles. The Hall–Kier alpha value is -2.72. The quantitative estimate of drug-likeness (QED) is 0.563. The van der Waals surface area contributed by atoms with Crippen LogP contribution in [0.2, 0.25) is 0 Å². The van der Waals surface area contributed by atoms with Crippen LogP contribution in [0.1, 0.15) is 63.2 Å². The monoisotopic (exact) mass is 477 g/mol. The third-order valence-electron chi connectivity index (χ3n) is 6.13. The number of benzene rings is 1. The first-order valence-electron chi connectivity index (χ1n) is 11.4. The van der Waals surface area contributed by atoms with E-state index in [0.29, 0.717) is 31.4 Å². The molecule has 0 spiro atoms. The van der Waals surface area contributed by atoms with Gasteiger partial charge in [0.2, 0.25) is 15.6 Å². The van der Waals surface area contributed by atoms with Gasteiger partial charge in [0, 0.05) is 30.1 Å². The summed E-state index contributed by atoms with van der Waals surface area (Å²) in [6, 6.07) is 5.42. The summed E-state index contributed by atoms with van der Waals surface area (Å²) < 4.78 is 32.6. The van der Waals surface area contributed by atoms with E-state index in [4.69, 9.17) is 4.74 Å². The smallest absolute Gasteiger partial charge is 0.331 e. The van der Waals surface area contributed by atoms with E-state index in [2.05, 4.69) is 10.3 Å². The maximum atomic E-state index is 13.4. The van der Waals surface area contributed by atoms with Gasteiger partial charge in [0.15, 0.2) is 0 Å². The number of nitrogens with one attached hydrogen (secondary N) is 2. The molecule has 1 fully saturated rings. The Balaban J connectivity index is 2.08. The number of carbonyl (C=O) groups is 2. The number of nitrogens with zero attached hydrogens (tertiary/aromatic N) is 1. The molecule has 1 saturated carbocycles. The van der Waals surface area contributed by atoms with Gasteiger partial charge in [-0.3, -0.25) is 9.59 Å². The van der Waals surface area contributed by atoms with E-state index in [1.165, 1.54) is 22.5 Å². The molecule has 0 radical (unpaired) electrons. The molecule has 0 aliphatic heterocycles. The average molecular weight is 478 g/mol. The molecule has 2 aromatic rings. The third-order valence-corrected chi connectivity index (χ3v) is 8.17. The minimum absolute atomic E-state index is 0.0135. The summed E-state index contributed by atoms with van der Waals surface area (Å²) in [7, 11) is -3.77. The van der Waals surface area contributed by atoms with Gasteiger partial charge in [-0.15, -0.1) is 0 Å². The molecule has 3 rings (SSSR count). The summed E-state index contributed by atoms with van der Waals surface area (Å²) in [6.07, 6.45) is 3.38. The highest BCUT2D eigenvalue weighted by Crippen LogP contribution is 2.31. The van der Waals surface area contributed by atoms with Crippen molar-refractivity contribution >= 4 is 32.8 Å². The lowest BCUT2D eigenvalue weighted by Crippen LogP contribution is -2.56. The van der Waals surface area contributed by atoms with Crippen molar-refractivity contribution in [2.24, 2.45) is 0 Å². The molecule has 10 heteroatoms. The van der Waals surface area contributed by atoms with E-state index in [1.807, 2.05) is 0 Å². The van der Waals surface area contributed by atoms with Crippen molar-refractivity contribution in [2.45, 2.75) is 63.3 Å². The minimum atomic E-state index is -3.77. The van der Waals surface area contributed by atoms with Gasteiger partial charge in [-0.2, -0.15) is 4.31 Å². The van der Waals surface area contributed by atoms with Crippen LogP contribution in [0, 0.1) is 0 Å². The maximum absolute atomic E-state index is 13.4. The van der Waals surface area contributed by atoms with E-state index in [1.54, 1.807) is 20.8 Å². The van der Waals surface area contributed by atoms with Crippen LogP contribution in [0.5, 0.6) is 0 Å². The molecule has 0 saturated heterocycles. The first-order valence-corrected chi connectivity index (χ1v) is 12.8. The number of aromatic amines is 1. The number of carbonyl (C=O) groups excluding carboxylic acids is 2. The SMILES string of the molecule is CCOC(=O)C1(NC(=O)c2cc(=O)[nH]c3ccc(S(=O)(=O)N(CC)CC)cc23)CCCCC1. The molecule has 0 bridgehead atoms. The van der Waals surface area contributed by atoms with Crippen LogP contribution < -0.4 is 10.9 Å². The topological polar surface area (TPSA) is 126 Å². The number of pyridine rings is 1. The number of H-pyrrole nitrogens is 1. The highest BCUT2D eigenvalue weighted by Gasteiger charge is 2.42. The zero-order valence-corrected chi connectivity index (χ0v) is 20.1. The number of esters is 1. The second-order valence-electron chi connectivity index (χ2n) is 8.16. The zero-order chi connectivity index (χ0) is 24.2. The molecule has 180 valence electrons. The molecular formula is C23H31N3O6S. The standard InChI is InChI=1S/C23H31N3O6S/c1-4-26(5-2)33(30,31)16-10-11-19-17(14-16)18(15-20(27)24-19)21(28)25-23(22(29)32-6-3)12-8-7-9-13-23/h10-11,14-15H,4-9,12-13H2,1-3H3,(H,24,27)(H,25,28). The second kappa shape index (κ2) is 10.0. The van der Waals surface area contributed by atoms with Gasteiger partial charge in [-0.1, -0.05) is 33.1 Å². The molecule has 1 aromatic carbocycles. The lowest BCUT2D eigenvalue weighted by molar-refractivity contribution is -0.152. The maximum Gasteiger partial charge on any atom is 0.331 e. The Morgan fingerprint density at radius 3 is 2.36 bits per heavy atom. The number of fused-ring (bicyclic) bond motifs is 1. The summed E-state index contributed by atoms with van der Waals surface area (Å²) in [6.45, 7) is 6.00. The van der Waals surface area contributed by atoms with Gasteiger partial charge in [0.1, 0.15) is 5.54 Å². The third kappa shape index (κ3) is 4.96. The van der Waals surface area contributed by atoms with Gasteiger partial charge in [-0.05, 0) is 38.0 Å². The van der Waals surface area contributed by atoms with Crippen LogP contribution in [0.15, 0.2) is 34.0 Å². The van der Waals surface area contributed by atoms with E-state index >= 15 is 0 Å². The molecule has 9 nitrogen and oxygen atoms in total. The molecule has 0 atom stereocenters. The van der Waals surface area contributed by atoms with Gasteiger partial charge in [0.25, 0.3) is 5.91 Å².